The van der Waals surface area contributed by atoms with Crippen molar-refractivity contribution in [3.8, 4) is 0 Å². The lowest BCUT2D eigenvalue weighted by Gasteiger charge is -2.38. The number of ether oxygens (including phenoxy) is 1. The van der Waals surface area contributed by atoms with Crippen molar-refractivity contribution in [1.82, 2.24) is 30.5 Å². The van der Waals surface area contributed by atoms with E-state index < -0.39 is 0 Å². The maximum absolute atomic E-state index is 5.82. The summed E-state index contributed by atoms with van der Waals surface area (Å²) in [6.45, 7) is 6.95. The van der Waals surface area contributed by atoms with Gasteiger partial charge in [-0.15, -0.1) is 10.2 Å². The Bertz CT molecular complexity index is 394. The lowest BCUT2D eigenvalue weighted by molar-refractivity contribution is -0.0555. The number of hydrogen-bond donors (Lipinski definition) is 2. The minimum absolute atomic E-state index is 0.00856. The maximum atomic E-state index is 5.82. The average Bonchev–Trinajstić information content (AvgIpc) is 2.81. The van der Waals surface area contributed by atoms with E-state index in [0.29, 0.717) is 18.3 Å². The van der Waals surface area contributed by atoms with E-state index in [-0.39, 0.29) is 12.1 Å². The first-order valence-electron chi connectivity index (χ1n) is 6.64. The molecule has 0 spiro atoms. The Morgan fingerprint density at radius 1 is 1.53 bits per heavy atom. The van der Waals surface area contributed by atoms with Crippen molar-refractivity contribution in [2.75, 3.05) is 19.7 Å². The van der Waals surface area contributed by atoms with Gasteiger partial charge in [0.2, 0.25) is 0 Å². The van der Waals surface area contributed by atoms with Crippen molar-refractivity contribution in [3.63, 3.8) is 0 Å². The van der Waals surface area contributed by atoms with Crippen LogP contribution in [0.2, 0.25) is 0 Å². The van der Waals surface area contributed by atoms with Crippen LogP contribution >= 0.6 is 0 Å². The molecule has 3 N–H and O–H groups in total. The molecule has 0 aromatic carbocycles. The van der Waals surface area contributed by atoms with E-state index in [9.17, 15) is 0 Å². The Balaban J connectivity index is 1.96. The lowest BCUT2D eigenvalue weighted by atomic mass is 10.1. The standard InChI is InChI=1S/C11H23N7O/c1-8(2)18-4-5-19-10(7-18)9(13-12)6-11-14-16-17(3)15-11/h8-10,13H,4-7,12H2,1-3H3. The van der Waals surface area contributed by atoms with Crippen LogP contribution in [-0.2, 0) is 18.2 Å². The highest BCUT2D eigenvalue weighted by Gasteiger charge is 2.29. The number of hydrogen-bond acceptors (Lipinski definition) is 7. The Morgan fingerprint density at radius 3 is 2.89 bits per heavy atom. The van der Waals surface area contributed by atoms with Gasteiger partial charge in [-0.25, -0.2) is 0 Å². The minimum atomic E-state index is -0.00856. The molecule has 1 aliphatic rings. The monoisotopic (exact) mass is 269 g/mol. The molecule has 19 heavy (non-hydrogen) atoms. The third kappa shape index (κ3) is 3.69. The Labute approximate surface area is 113 Å². The van der Waals surface area contributed by atoms with Crippen molar-refractivity contribution in [2.24, 2.45) is 12.9 Å². The summed E-state index contributed by atoms with van der Waals surface area (Å²) in [5.41, 5.74) is 2.82. The first kappa shape index (κ1) is 14.3. The zero-order valence-corrected chi connectivity index (χ0v) is 11.8. The van der Waals surface area contributed by atoms with Gasteiger partial charge in [0.25, 0.3) is 0 Å². The van der Waals surface area contributed by atoms with Crippen LogP contribution < -0.4 is 11.3 Å². The van der Waals surface area contributed by atoms with Gasteiger partial charge in [-0.05, 0) is 19.1 Å². The number of rotatable bonds is 5. The highest BCUT2D eigenvalue weighted by molar-refractivity contribution is 4.91. The Hall–Kier alpha value is -1.09. The summed E-state index contributed by atoms with van der Waals surface area (Å²) in [4.78, 5) is 3.84. The molecule has 2 atom stereocenters. The molecule has 8 heteroatoms. The number of aryl methyl sites for hydroxylation is 1. The second-order valence-electron chi connectivity index (χ2n) is 5.17. The summed E-state index contributed by atoms with van der Waals surface area (Å²) >= 11 is 0. The van der Waals surface area contributed by atoms with Crippen LogP contribution in [0.15, 0.2) is 0 Å². The fourth-order valence-corrected chi connectivity index (χ4v) is 2.31. The van der Waals surface area contributed by atoms with Crippen LogP contribution in [0.1, 0.15) is 19.7 Å². The molecule has 0 amide bonds. The summed E-state index contributed by atoms with van der Waals surface area (Å²) < 4.78 is 5.82. The van der Waals surface area contributed by atoms with Gasteiger partial charge in [-0.3, -0.25) is 16.2 Å². The van der Waals surface area contributed by atoms with Gasteiger partial charge in [0.15, 0.2) is 5.82 Å². The molecule has 2 heterocycles. The molecule has 2 unspecified atom stereocenters. The Morgan fingerprint density at radius 2 is 2.32 bits per heavy atom. The topological polar surface area (TPSA) is 94.1 Å². The smallest absolute Gasteiger partial charge is 0.176 e. The number of tetrazole rings is 1. The normalized spacial score (nSPS) is 22.9. The van der Waals surface area contributed by atoms with Crippen molar-refractivity contribution in [1.29, 1.82) is 0 Å². The molecule has 1 aromatic rings. The number of morpholine rings is 1. The number of nitrogens with one attached hydrogen (secondary N) is 1. The first-order chi connectivity index (χ1) is 9.10. The van der Waals surface area contributed by atoms with Gasteiger partial charge in [0.05, 0.1) is 25.8 Å². The zero-order chi connectivity index (χ0) is 13.8. The quantitative estimate of drug-likeness (QED) is 0.506. The van der Waals surface area contributed by atoms with E-state index in [1.807, 2.05) is 0 Å². The zero-order valence-electron chi connectivity index (χ0n) is 11.8. The molecule has 0 saturated carbocycles. The largest absolute Gasteiger partial charge is 0.374 e. The summed E-state index contributed by atoms with van der Waals surface area (Å²) in [6.07, 6.45) is 0.658. The second kappa shape index (κ2) is 6.38. The fourth-order valence-electron chi connectivity index (χ4n) is 2.31. The minimum Gasteiger partial charge on any atom is -0.374 e. The Kier molecular flexibility index (Phi) is 4.81. The summed E-state index contributed by atoms with van der Waals surface area (Å²) in [6, 6.07) is 0.505. The molecule has 0 radical (unpaired) electrons. The van der Waals surface area contributed by atoms with Crippen molar-refractivity contribution >= 4 is 0 Å². The number of aromatic nitrogens is 4. The van der Waals surface area contributed by atoms with Crippen molar-refractivity contribution in [3.05, 3.63) is 5.82 Å². The number of nitrogens with zero attached hydrogens (tertiary/aromatic N) is 5. The van der Waals surface area contributed by atoms with E-state index in [0.717, 1.165) is 19.7 Å². The van der Waals surface area contributed by atoms with Crippen molar-refractivity contribution in [2.45, 2.75) is 38.5 Å². The predicted molar refractivity (Wildman–Crippen MR) is 70.1 cm³/mol. The van der Waals surface area contributed by atoms with E-state index in [1.165, 1.54) is 4.80 Å². The highest BCUT2D eigenvalue weighted by atomic mass is 16.5. The predicted octanol–water partition coefficient (Wildman–Crippen LogP) is -1.31. The van der Waals surface area contributed by atoms with E-state index in [4.69, 9.17) is 10.6 Å². The molecule has 1 fully saturated rings. The molecule has 0 aliphatic carbocycles. The van der Waals surface area contributed by atoms with Crippen LogP contribution in [0.3, 0.4) is 0 Å². The van der Waals surface area contributed by atoms with Crippen LogP contribution in [0, 0.1) is 0 Å². The van der Waals surface area contributed by atoms with Gasteiger partial charge in [0, 0.05) is 25.6 Å². The van der Waals surface area contributed by atoms with Crippen LogP contribution in [0.25, 0.3) is 0 Å². The second-order valence-corrected chi connectivity index (χ2v) is 5.17. The third-order valence-electron chi connectivity index (χ3n) is 3.47. The lowest BCUT2D eigenvalue weighted by Crippen LogP contribution is -2.56. The highest BCUT2D eigenvalue weighted by Crippen LogP contribution is 2.13. The molecular formula is C11H23N7O. The van der Waals surface area contributed by atoms with Gasteiger partial charge < -0.3 is 4.74 Å². The number of hydrazine groups is 1. The molecule has 1 saturated heterocycles. The molecule has 108 valence electrons. The van der Waals surface area contributed by atoms with Crippen LogP contribution in [0.4, 0.5) is 0 Å². The summed E-state index contributed by atoms with van der Waals surface area (Å²) in [7, 11) is 1.75. The van der Waals surface area contributed by atoms with Gasteiger partial charge in [0.1, 0.15) is 0 Å². The molecule has 8 nitrogen and oxygen atoms in total. The van der Waals surface area contributed by atoms with Gasteiger partial charge in [-0.1, -0.05) is 0 Å². The molecule has 1 aliphatic heterocycles. The first-order valence-corrected chi connectivity index (χ1v) is 6.64. The van der Waals surface area contributed by atoms with E-state index >= 15 is 0 Å². The van der Waals surface area contributed by atoms with Gasteiger partial charge >= 0.3 is 0 Å². The average molecular weight is 269 g/mol. The van der Waals surface area contributed by atoms with Gasteiger partial charge in [-0.2, -0.15) is 4.80 Å². The molecule has 0 bridgehead atoms. The van der Waals surface area contributed by atoms with Crippen LogP contribution in [-0.4, -0.2) is 63.0 Å². The van der Waals surface area contributed by atoms with E-state index in [2.05, 4.69) is 39.6 Å². The van der Waals surface area contributed by atoms with Crippen LogP contribution in [0.5, 0.6) is 0 Å². The fraction of sp³-hybridized carbons (Fsp3) is 0.909. The molecular weight excluding hydrogens is 246 g/mol. The number of nitrogens with two attached hydrogens (primary N) is 1. The van der Waals surface area contributed by atoms with Crippen molar-refractivity contribution < 1.29 is 4.74 Å². The van der Waals surface area contributed by atoms with E-state index in [1.54, 1.807) is 7.05 Å². The summed E-state index contributed by atoms with van der Waals surface area (Å²) in [5, 5.41) is 12.0. The maximum Gasteiger partial charge on any atom is 0.176 e. The third-order valence-corrected chi connectivity index (χ3v) is 3.47. The molecule has 1 aromatic heterocycles. The SMILES string of the molecule is CC(C)N1CCOC(C(Cc2nnn(C)n2)NN)C1. The molecule has 2 rings (SSSR count). The summed E-state index contributed by atoms with van der Waals surface area (Å²) in [5.74, 6) is 6.33.